The van der Waals surface area contributed by atoms with Gasteiger partial charge in [0.25, 0.3) is 0 Å². The van der Waals surface area contributed by atoms with Crippen molar-refractivity contribution in [2.75, 3.05) is 13.2 Å². The highest BCUT2D eigenvalue weighted by Crippen LogP contribution is 2.29. The van der Waals surface area contributed by atoms with Crippen LogP contribution >= 0.6 is 11.6 Å². The summed E-state index contributed by atoms with van der Waals surface area (Å²) < 4.78 is 7.80. The second-order valence-electron chi connectivity index (χ2n) is 5.61. The van der Waals surface area contributed by atoms with E-state index in [1.807, 2.05) is 26.1 Å². The smallest absolute Gasteiger partial charge is 0.160 e. The number of hydrogen-bond donors (Lipinski definition) is 0. The molecule has 4 nitrogen and oxygen atoms in total. The summed E-state index contributed by atoms with van der Waals surface area (Å²) in [6.07, 6.45) is 4.51. The second kappa shape index (κ2) is 5.70. The van der Waals surface area contributed by atoms with Crippen LogP contribution in [0, 0.1) is 12.8 Å². The third-order valence-corrected chi connectivity index (χ3v) is 3.81. The molecule has 2 aromatic heterocycles. The highest BCUT2D eigenvalue weighted by atomic mass is 35.5. The van der Waals surface area contributed by atoms with Crippen LogP contribution in [0.1, 0.15) is 36.5 Å². The van der Waals surface area contributed by atoms with Crippen LogP contribution in [0.4, 0.5) is 0 Å². The molecule has 1 fully saturated rings. The van der Waals surface area contributed by atoms with Crippen molar-refractivity contribution in [3.63, 3.8) is 0 Å². The fourth-order valence-electron chi connectivity index (χ4n) is 2.34. The lowest BCUT2D eigenvalue weighted by molar-refractivity contribution is 0.117. The average Bonchev–Trinajstić information content (AvgIpc) is 3.15. The van der Waals surface area contributed by atoms with Gasteiger partial charge in [0.15, 0.2) is 5.65 Å². The van der Waals surface area contributed by atoms with Gasteiger partial charge in [0, 0.05) is 19.3 Å². The third-order valence-electron chi connectivity index (χ3n) is 3.62. The first-order chi connectivity index (χ1) is 9.65. The van der Waals surface area contributed by atoms with Gasteiger partial charge in [0.05, 0.1) is 12.0 Å². The van der Waals surface area contributed by atoms with Gasteiger partial charge in [-0.25, -0.2) is 9.97 Å². The van der Waals surface area contributed by atoms with Gasteiger partial charge in [0.1, 0.15) is 11.3 Å². The molecule has 1 saturated carbocycles. The highest BCUT2D eigenvalue weighted by Gasteiger charge is 2.21. The van der Waals surface area contributed by atoms with Gasteiger partial charge < -0.3 is 9.30 Å². The van der Waals surface area contributed by atoms with Crippen molar-refractivity contribution in [3.05, 3.63) is 23.7 Å². The zero-order valence-corrected chi connectivity index (χ0v) is 12.7. The van der Waals surface area contributed by atoms with E-state index in [4.69, 9.17) is 16.3 Å². The third kappa shape index (κ3) is 2.96. The Kier molecular flexibility index (Phi) is 3.94. The van der Waals surface area contributed by atoms with Crippen molar-refractivity contribution in [1.82, 2.24) is 14.5 Å². The van der Waals surface area contributed by atoms with E-state index in [1.54, 1.807) is 0 Å². The number of alkyl halides is 1. The van der Waals surface area contributed by atoms with Gasteiger partial charge in [-0.05, 0) is 44.2 Å². The van der Waals surface area contributed by atoms with Crippen molar-refractivity contribution >= 4 is 22.8 Å². The SMILES string of the molecule is Cc1cnc2c(c1)nc(C(C)Cl)n2CCOCC1CC1. The number of imidazole rings is 1. The summed E-state index contributed by atoms with van der Waals surface area (Å²) in [5.41, 5.74) is 2.92. The van der Waals surface area contributed by atoms with Crippen LogP contribution in [0.3, 0.4) is 0 Å². The number of pyridine rings is 1. The summed E-state index contributed by atoms with van der Waals surface area (Å²) in [6, 6.07) is 2.05. The predicted octanol–water partition coefficient (Wildman–Crippen LogP) is 3.47. The lowest BCUT2D eigenvalue weighted by Crippen LogP contribution is -2.11. The zero-order valence-electron chi connectivity index (χ0n) is 12.0. The summed E-state index contributed by atoms with van der Waals surface area (Å²) in [5, 5.41) is -0.132. The standard InChI is InChI=1S/C15H20ClN3O/c1-10-7-13-15(17-8-10)19(14(18-13)11(2)16)5-6-20-9-12-3-4-12/h7-8,11-12H,3-6,9H2,1-2H3. The highest BCUT2D eigenvalue weighted by molar-refractivity contribution is 6.20. The molecule has 0 saturated heterocycles. The summed E-state index contributed by atoms with van der Waals surface area (Å²) in [4.78, 5) is 9.11. The molecule has 0 radical (unpaired) electrons. The molecule has 0 N–H and O–H groups in total. The van der Waals surface area contributed by atoms with Gasteiger partial charge in [0.2, 0.25) is 0 Å². The van der Waals surface area contributed by atoms with E-state index >= 15 is 0 Å². The maximum atomic E-state index is 6.24. The Hall–Kier alpha value is -1.13. The van der Waals surface area contributed by atoms with Crippen LogP contribution in [0.5, 0.6) is 0 Å². The molecule has 2 heterocycles. The van der Waals surface area contributed by atoms with Crippen LogP contribution in [0.15, 0.2) is 12.3 Å². The van der Waals surface area contributed by atoms with Crippen molar-refractivity contribution in [3.8, 4) is 0 Å². The largest absolute Gasteiger partial charge is 0.379 e. The first-order valence-electron chi connectivity index (χ1n) is 7.19. The molecular weight excluding hydrogens is 274 g/mol. The van der Waals surface area contributed by atoms with E-state index in [-0.39, 0.29) is 5.38 Å². The molecule has 0 spiro atoms. The molecular formula is C15H20ClN3O. The topological polar surface area (TPSA) is 39.9 Å². The minimum atomic E-state index is -0.132. The van der Waals surface area contributed by atoms with E-state index in [0.717, 1.165) is 41.6 Å². The van der Waals surface area contributed by atoms with Crippen molar-refractivity contribution in [2.45, 2.75) is 38.6 Å². The Morgan fingerprint density at radius 2 is 2.30 bits per heavy atom. The molecule has 1 unspecified atom stereocenters. The fraction of sp³-hybridized carbons (Fsp3) is 0.600. The molecule has 1 aliphatic rings. The Morgan fingerprint density at radius 1 is 1.50 bits per heavy atom. The summed E-state index contributed by atoms with van der Waals surface area (Å²) >= 11 is 6.24. The summed E-state index contributed by atoms with van der Waals surface area (Å²) in [6.45, 7) is 6.29. The molecule has 5 heteroatoms. The van der Waals surface area contributed by atoms with Crippen molar-refractivity contribution in [1.29, 1.82) is 0 Å². The first-order valence-corrected chi connectivity index (χ1v) is 7.63. The fourth-order valence-corrected chi connectivity index (χ4v) is 2.51. The number of hydrogen-bond acceptors (Lipinski definition) is 3. The first kappa shape index (κ1) is 13.8. The van der Waals surface area contributed by atoms with Gasteiger partial charge >= 0.3 is 0 Å². The number of nitrogens with zero attached hydrogens (tertiary/aromatic N) is 3. The lowest BCUT2D eigenvalue weighted by atomic mass is 10.3. The molecule has 108 valence electrons. The number of aryl methyl sites for hydroxylation is 1. The van der Waals surface area contributed by atoms with Crippen LogP contribution in [-0.4, -0.2) is 27.7 Å². The van der Waals surface area contributed by atoms with E-state index in [1.165, 1.54) is 12.8 Å². The van der Waals surface area contributed by atoms with E-state index in [2.05, 4.69) is 14.5 Å². The Morgan fingerprint density at radius 3 is 3.00 bits per heavy atom. The Balaban J connectivity index is 1.80. The number of ether oxygens (including phenoxy) is 1. The molecule has 0 aliphatic heterocycles. The molecule has 3 rings (SSSR count). The number of aromatic nitrogens is 3. The van der Waals surface area contributed by atoms with Crippen LogP contribution in [0.2, 0.25) is 0 Å². The number of fused-ring (bicyclic) bond motifs is 1. The van der Waals surface area contributed by atoms with Gasteiger partial charge in [-0.2, -0.15) is 0 Å². The number of halogens is 1. The summed E-state index contributed by atoms with van der Waals surface area (Å²) in [7, 11) is 0. The van der Waals surface area contributed by atoms with Gasteiger partial charge in [-0.3, -0.25) is 0 Å². The molecule has 2 aromatic rings. The monoisotopic (exact) mass is 293 g/mol. The van der Waals surface area contributed by atoms with E-state index in [9.17, 15) is 0 Å². The van der Waals surface area contributed by atoms with Crippen molar-refractivity contribution < 1.29 is 4.74 Å². The molecule has 0 aromatic carbocycles. The Bertz CT molecular complexity index is 604. The van der Waals surface area contributed by atoms with Crippen molar-refractivity contribution in [2.24, 2.45) is 5.92 Å². The van der Waals surface area contributed by atoms with Crippen LogP contribution in [-0.2, 0) is 11.3 Å². The zero-order chi connectivity index (χ0) is 14.1. The maximum absolute atomic E-state index is 6.24. The average molecular weight is 294 g/mol. The van der Waals surface area contributed by atoms with Gasteiger partial charge in [-0.1, -0.05) is 0 Å². The maximum Gasteiger partial charge on any atom is 0.160 e. The molecule has 0 bridgehead atoms. The number of rotatable bonds is 6. The molecule has 1 atom stereocenters. The van der Waals surface area contributed by atoms with Crippen LogP contribution in [0.25, 0.3) is 11.2 Å². The normalized spacial score (nSPS) is 16.8. The lowest BCUT2D eigenvalue weighted by Gasteiger charge is -2.10. The summed E-state index contributed by atoms with van der Waals surface area (Å²) in [5.74, 6) is 1.66. The molecule has 0 amide bonds. The Labute approximate surface area is 124 Å². The van der Waals surface area contributed by atoms with E-state index < -0.39 is 0 Å². The molecule has 20 heavy (non-hydrogen) atoms. The predicted molar refractivity (Wildman–Crippen MR) is 80.1 cm³/mol. The van der Waals surface area contributed by atoms with Crippen LogP contribution < -0.4 is 0 Å². The van der Waals surface area contributed by atoms with E-state index in [0.29, 0.717) is 6.61 Å². The minimum absolute atomic E-state index is 0.132. The second-order valence-corrected chi connectivity index (χ2v) is 6.27. The molecule has 1 aliphatic carbocycles. The van der Waals surface area contributed by atoms with Gasteiger partial charge in [-0.15, -0.1) is 11.6 Å². The quantitative estimate of drug-likeness (QED) is 0.605. The minimum Gasteiger partial charge on any atom is -0.379 e.